The number of rotatable bonds is 4. The molecule has 6 nitrogen and oxygen atoms in total. The van der Waals surface area contributed by atoms with Crippen LogP contribution in [0.25, 0.3) is 0 Å². The quantitative estimate of drug-likeness (QED) is 0.625. The molecule has 1 rings (SSSR count). The van der Waals surface area contributed by atoms with E-state index in [1.165, 1.54) is 18.2 Å². The molecule has 0 saturated carbocycles. The molecule has 0 radical (unpaired) electrons. The SMILES string of the molecule is Cl.N[C@@H](Cc1ccc(O)c(C(=O)O)c1)C(=O)O. The second-order valence-electron chi connectivity index (χ2n) is 3.31. The summed E-state index contributed by atoms with van der Waals surface area (Å²) in [7, 11) is 0. The number of phenols is 1. The van der Waals surface area contributed by atoms with Gasteiger partial charge in [-0.05, 0) is 24.1 Å². The molecule has 0 spiro atoms. The van der Waals surface area contributed by atoms with Crippen LogP contribution in [0.4, 0.5) is 0 Å². The van der Waals surface area contributed by atoms with E-state index in [-0.39, 0.29) is 30.1 Å². The van der Waals surface area contributed by atoms with Crippen LogP contribution in [0, 0.1) is 0 Å². The van der Waals surface area contributed by atoms with Crippen LogP contribution in [0.5, 0.6) is 5.75 Å². The maximum atomic E-state index is 10.7. The van der Waals surface area contributed by atoms with Gasteiger partial charge >= 0.3 is 11.9 Å². The van der Waals surface area contributed by atoms with E-state index in [1.54, 1.807) is 0 Å². The van der Waals surface area contributed by atoms with Gasteiger partial charge in [-0.2, -0.15) is 0 Å². The number of hydrogen-bond donors (Lipinski definition) is 4. The minimum Gasteiger partial charge on any atom is -0.507 e. The number of benzene rings is 1. The summed E-state index contributed by atoms with van der Waals surface area (Å²) in [6.07, 6.45) is 0.00981. The number of nitrogens with two attached hydrogens (primary N) is 1. The van der Waals surface area contributed by atoms with Gasteiger partial charge < -0.3 is 21.1 Å². The molecule has 0 saturated heterocycles. The summed E-state index contributed by atoms with van der Waals surface area (Å²) in [6, 6.07) is 2.75. The van der Waals surface area contributed by atoms with Crippen LogP contribution < -0.4 is 5.73 Å². The molecule has 7 heteroatoms. The van der Waals surface area contributed by atoms with Gasteiger partial charge in [-0.15, -0.1) is 12.4 Å². The summed E-state index contributed by atoms with van der Waals surface area (Å²) >= 11 is 0. The third kappa shape index (κ3) is 3.93. The Labute approximate surface area is 103 Å². The summed E-state index contributed by atoms with van der Waals surface area (Å²) in [5, 5.41) is 26.5. The summed E-state index contributed by atoms with van der Waals surface area (Å²) < 4.78 is 0. The molecule has 0 aromatic heterocycles. The lowest BCUT2D eigenvalue weighted by Gasteiger charge is -2.07. The molecule has 0 amide bonds. The normalized spacial score (nSPS) is 11.4. The molecule has 5 N–H and O–H groups in total. The number of aliphatic carboxylic acids is 1. The van der Waals surface area contributed by atoms with Gasteiger partial charge in [0.2, 0.25) is 0 Å². The monoisotopic (exact) mass is 261 g/mol. The predicted molar refractivity (Wildman–Crippen MR) is 61.6 cm³/mol. The van der Waals surface area contributed by atoms with Gasteiger partial charge in [0.25, 0.3) is 0 Å². The number of halogens is 1. The number of aromatic hydroxyl groups is 1. The van der Waals surface area contributed by atoms with Crippen molar-refractivity contribution < 1.29 is 24.9 Å². The highest BCUT2D eigenvalue weighted by molar-refractivity contribution is 5.91. The van der Waals surface area contributed by atoms with E-state index in [9.17, 15) is 14.7 Å². The first-order chi connectivity index (χ1) is 7.41. The summed E-state index contributed by atoms with van der Waals surface area (Å²) in [4.78, 5) is 21.2. The zero-order valence-corrected chi connectivity index (χ0v) is 9.48. The van der Waals surface area contributed by atoms with E-state index in [4.69, 9.17) is 15.9 Å². The maximum absolute atomic E-state index is 10.7. The highest BCUT2D eigenvalue weighted by atomic mass is 35.5. The fourth-order valence-corrected chi connectivity index (χ4v) is 1.22. The van der Waals surface area contributed by atoms with Gasteiger partial charge in [0.05, 0.1) is 0 Å². The number of carboxylic acids is 2. The van der Waals surface area contributed by atoms with Crippen LogP contribution in [-0.2, 0) is 11.2 Å². The molecule has 1 aromatic rings. The average Bonchev–Trinajstić information content (AvgIpc) is 2.20. The second kappa shape index (κ2) is 6.07. The largest absolute Gasteiger partial charge is 0.507 e. The van der Waals surface area contributed by atoms with Crippen molar-refractivity contribution in [2.24, 2.45) is 5.73 Å². The maximum Gasteiger partial charge on any atom is 0.339 e. The van der Waals surface area contributed by atoms with Crippen molar-refractivity contribution in [3.8, 4) is 5.75 Å². The van der Waals surface area contributed by atoms with Crippen molar-refractivity contribution in [2.75, 3.05) is 0 Å². The van der Waals surface area contributed by atoms with E-state index in [0.717, 1.165) is 0 Å². The van der Waals surface area contributed by atoms with Gasteiger partial charge in [0.1, 0.15) is 17.4 Å². The Bertz CT molecular complexity index is 435. The predicted octanol–water partition coefficient (Wildman–Crippen LogP) is 0.467. The molecular formula is C10H12ClNO5. The van der Waals surface area contributed by atoms with E-state index in [0.29, 0.717) is 5.56 Å². The van der Waals surface area contributed by atoms with Gasteiger partial charge in [-0.3, -0.25) is 4.79 Å². The Morgan fingerprint density at radius 3 is 2.35 bits per heavy atom. The topological polar surface area (TPSA) is 121 Å². The van der Waals surface area contributed by atoms with E-state index >= 15 is 0 Å². The molecule has 0 aliphatic carbocycles. The number of carboxylic acid groups (broad SMARTS) is 2. The number of aromatic carboxylic acids is 1. The molecule has 94 valence electrons. The zero-order valence-electron chi connectivity index (χ0n) is 8.66. The van der Waals surface area contributed by atoms with E-state index in [2.05, 4.69) is 0 Å². The van der Waals surface area contributed by atoms with Gasteiger partial charge in [0, 0.05) is 0 Å². The first kappa shape index (κ1) is 15.2. The van der Waals surface area contributed by atoms with Crippen LogP contribution in [0.3, 0.4) is 0 Å². The highest BCUT2D eigenvalue weighted by Crippen LogP contribution is 2.19. The minimum absolute atomic E-state index is 0. The average molecular weight is 262 g/mol. The molecule has 1 atom stereocenters. The van der Waals surface area contributed by atoms with Crippen molar-refractivity contribution in [1.29, 1.82) is 0 Å². The van der Waals surface area contributed by atoms with Gasteiger partial charge in [-0.25, -0.2) is 4.79 Å². The smallest absolute Gasteiger partial charge is 0.339 e. The Hall–Kier alpha value is -1.79. The second-order valence-corrected chi connectivity index (χ2v) is 3.31. The molecule has 0 aliphatic rings. The van der Waals surface area contributed by atoms with Crippen LogP contribution in [0.15, 0.2) is 18.2 Å². The van der Waals surface area contributed by atoms with Crippen LogP contribution in [0.1, 0.15) is 15.9 Å². The Morgan fingerprint density at radius 1 is 1.29 bits per heavy atom. The molecule has 17 heavy (non-hydrogen) atoms. The fraction of sp³-hybridized carbons (Fsp3) is 0.200. The van der Waals surface area contributed by atoms with Crippen molar-refractivity contribution >= 4 is 24.3 Å². The van der Waals surface area contributed by atoms with Crippen LogP contribution in [-0.4, -0.2) is 33.3 Å². The summed E-state index contributed by atoms with van der Waals surface area (Å²) in [5.41, 5.74) is 5.48. The molecule has 0 heterocycles. The summed E-state index contributed by atoms with van der Waals surface area (Å²) in [6.45, 7) is 0. The molecular weight excluding hydrogens is 250 g/mol. The molecule has 1 aromatic carbocycles. The van der Waals surface area contributed by atoms with E-state index in [1.807, 2.05) is 0 Å². The van der Waals surface area contributed by atoms with Gasteiger partial charge in [-0.1, -0.05) is 6.07 Å². The summed E-state index contributed by atoms with van der Waals surface area (Å²) in [5.74, 6) is -2.80. The lowest BCUT2D eigenvalue weighted by molar-refractivity contribution is -0.138. The van der Waals surface area contributed by atoms with Crippen molar-refractivity contribution in [1.82, 2.24) is 0 Å². The highest BCUT2D eigenvalue weighted by Gasteiger charge is 2.15. The molecule has 0 bridgehead atoms. The number of hydrogen-bond acceptors (Lipinski definition) is 4. The van der Waals surface area contributed by atoms with Gasteiger partial charge in [0.15, 0.2) is 0 Å². The first-order valence-electron chi connectivity index (χ1n) is 4.45. The molecule has 0 aliphatic heterocycles. The Balaban J connectivity index is 0.00000256. The third-order valence-electron chi connectivity index (χ3n) is 2.06. The standard InChI is InChI=1S/C10H11NO5.ClH/c11-7(10(15)16)4-5-1-2-8(12)6(3-5)9(13)14;/h1-3,7,12H,4,11H2,(H,13,14)(H,15,16);1H/t7-;/m0./s1. The lowest BCUT2D eigenvalue weighted by Crippen LogP contribution is -2.32. The van der Waals surface area contributed by atoms with Crippen molar-refractivity contribution in [2.45, 2.75) is 12.5 Å². The molecule has 0 unspecified atom stereocenters. The lowest BCUT2D eigenvalue weighted by atomic mass is 10.0. The fourth-order valence-electron chi connectivity index (χ4n) is 1.22. The van der Waals surface area contributed by atoms with Crippen LogP contribution >= 0.6 is 12.4 Å². The first-order valence-corrected chi connectivity index (χ1v) is 4.45. The third-order valence-corrected chi connectivity index (χ3v) is 2.06. The Morgan fingerprint density at radius 2 is 1.88 bits per heavy atom. The van der Waals surface area contributed by atoms with Crippen LogP contribution in [0.2, 0.25) is 0 Å². The number of carbonyl (C=O) groups is 2. The molecule has 0 fully saturated rings. The van der Waals surface area contributed by atoms with Crippen molar-refractivity contribution in [3.63, 3.8) is 0 Å². The van der Waals surface area contributed by atoms with E-state index < -0.39 is 18.0 Å². The zero-order chi connectivity index (χ0) is 12.3. The van der Waals surface area contributed by atoms with Crippen molar-refractivity contribution in [3.05, 3.63) is 29.3 Å². The Kier molecular flexibility index (Phi) is 5.43. The minimum atomic E-state index is -1.27.